The number of rotatable bonds is 2. The van der Waals surface area contributed by atoms with Gasteiger partial charge in [0.25, 0.3) is 5.69 Å². The van der Waals surface area contributed by atoms with Crippen LogP contribution < -0.4 is 4.84 Å². The van der Waals surface area contributed by atoms with Gasteiger partial charge in [-0.2, -0.15) is 5.26 Å². The third-order valence-electron chi connectivity index (χ3n) is 1.44. The second-order valence-electron chi connectivity index (χ2n) is 2.19. The topological polar surface area (TPSA) is 79.0 Å². The van der Waals surface area contributed by atoms with Crippen molar-refractivity contribution in [2.75, 3.05) is 4.84 Å². The standard InChI is InChI=1S/C7H4ClN3O2/c8-10-7-3-6(11(12)13)2-1-5(7)4-9/h1-3,10H. The Labute approximate surface area is 78.8 Å². The molecule has 0 bridgehead atoms. The minimum Gasteiger partial charge on any atom is -0.297 e. The Kier molecular flexibility index (Phi) is 2.67. The van der Waals surface area contributed by atoms with Crippen molar-refractivity contribution < 1.29 is 4.92 Å². The lowest BCUT2D eigenvalue weighted by molar-refractivity contribution is -0.384. The number of hydrogen-bond acceptors (Lipinski definition) is 4. The summed E-state index contributed by atoms with van der Waals surface area (Å²) in [5, 5.41) is 18.9. The molecule has 0 amide bonds. The third-order valence-corrected chi connectivity index (χ3v) is 1.64. The fourth-order valence-corrected chi connectivity index (χ4v) is 0.978. The van der Waals surface area contributed by atoms with Crippen molar-refractivity contribution in [3.8, 4) is 6.07 Å². The van der Waals surface area contributed by atoms with Crippen LogP contribution in [0.1, 0.15) is 5.56 Å². The summed E-state index contributed by atoms with van der Waals surface area (Å²) in [4.78, 5) is 12.0. The zero-order valence-electron chi connectivity index (χ0n) is 6.32. The Morgan fingerprint density at radius 3 is 2.77 bits per heavy atom. The molecule has 0 unspecified atom stereocenters. The van der Waals surface area contributed by atoms with E-state index in [2.05, 4.69) is 4.84 Å². The molecule has 0 saturated carbocycles. The number of nitriles is 1. The van der Waals surface area contributed by atoms with E-state index in [0.717, 1.165) is 0 Å². The molecule has 13 heavy (non-hydrogen) atoms. The number of nitrogens with one attached hydrogen (secondary N) is 1. The molecular weight excluding hydrogens is 194 g/mol. The third kappa shape index (κ3) is 1.86. The lowest BCUT2D eigenvalue weighted by Crippen LogP contribution is -1.91. The number of non-ortho nitro benzene ring substituents is 1. The van der Waals surface area contributed by atoms with Gasteiger partial charge in [-0.3, -0.25) is 15.0 Å². The van der Waals surface area contributed by atoms with Gasteiger partial charge in [0, 0.05) is 23.9 Å². The van der Waals surface area contributed by atoms with Gasteiger partial charge in [-0.1, -0.05) is 0 Å². The fourth-order valence-electron chi connectivity index (χ4n) is 0.821. The molecule has 1 N–H and O–H groups in total. The van der Waals surface area contributed by atoms with Crippen molar-refractivity contribution in [3.05, 3.63) is 33.9 Å². The first-order chi connectivity index (χ1) is 6.19. The van der Waals surface area contributed by atoms with Gasteiger partial charge >= 0.3 is 0 Å². The largest absolute Gasteiger partial charge is 0.297 e. The second kappa shape index (κ2) is 3.74. The smallest absolute Gasteiger partial charge is 0.271 e. The molecule has 1 aromatic carbocycles. The van der Waals surface area contributed by atoms with Crippen LogP contribution in [-0.2, 0) is 0 Å². The fraction of sp³-hybridized carbons (Fsp3) is 0. The highest BCUT2D eigenvalue weighted by Gasteiger charge is 2.09. The summed E-state index contributed by atoms with van der Waals surface area (Å²) in [5.74, 6) is 0. The molecule has 0 aliphatic heterocycles. The Bertz CT molecular complexity index is 386. The summed E-state index contributed by atoms with van der Waals surface area (Å²) in [7, 11) is 0. The molecule has 0 spiro atoms. The van der Waals surface area contributed by atoms with E-state index in [4.69, 9.17) is 17.0 Å². The number of halogens is 1. The van der Waals surface area contributed by atoms with Crippen LogP contribution >= 0.6 is 11.8 Å². The summed E-state index contributed by atoms with van der Waals surface area (Å²) in [6.07, 6.45) is 0. The zero-order chi connectivity index (χ0) is 9.84. The SMILES string of the molecule is N#Cc1ccc([N+](=O)[O-])cc1NCl. The number of hydrogen-bond donors (Lipinski definition) is 1. The summed E-state index contributed by atoms with van der Waals surface area (Å²) < 4.78 is 0. The summed E-state index contributed by atoms with van der Waals surface area (Å²) in [5.41, 5.74) is 0.390. The average molecular weight is 198 g/mol. The molecule has 6 heteroatoms. The molecule has 0 heterocycles. The highest BCUT2D eigenvalue weighted by atomic mass is 35.5. The van der Waals surface area contributed by atoms with E-state index in [1.54, 1.807) is 0 Å². The van der Waals surface area contributed by atoms with E-state index in [0.29, 0.717) is 0 Å². The van der Waals surface area contributed by atoms with Crippen LogP contribution in [-0.4, -0.2) is 4.92 Å². The van der Waals surface area contributed by atoms with Crippen LogP contribution in [0, 0.1) is 21.4 Å². The maximum Gasteiger partial charge on any atom is 0.271 e. The molecule has 0 saturated heterocycles. The molecule has 0 aliphatic rings. The van der Waals surface area contributed by atoms with Crippen LogP contribution in [0.5, 0.6) is 0 Å². The molecule has 0 fully saturated rings. The molecule has 1 rings (SSSR count). The maximum absolute atomic E-state index is 10.3. The van der Waals surface area contributed by atoms with Gasteiger partial charge in [-0.05, 0) is 6.07 Å². The van der Waals surface area contributed by atoms with E-state index < -0.39 is 4.92 Å². The van der Waals surface area contributed by atoms with Gasteiger partial charge < -0.3 is 0 Å². The highest BCUT2D eigenvalue weighted by Crippen LogP contribution is 2.22. The van der Waals surface area contributed by atoms with Crippen LogP contribution in [0.4, 0.5) is 11.4 Å². The van der Waals surface area contributed by atoms with Gasteiger partial charge in [-0.25, -0.2) is 0 Å². The summed E-state index contributed by atoms with van der Waals surface area (Å²) >= 11 is 5.26. The predicted octanol–water partition coefficient (Wildman–Crippen LogP) is 2.03. The second-order valence-corrected chi connectivity index (χ2v) is 2.38. The van der Waals surface area contributed by atoms with Gasteiger partial charge in [-0.15, -0.1) is 0 Å². The van der Waals surface area contributed by atoms with Crippen molar-refractivity contribution in [2.24, 2.45) is 0 Å². The average Bonchev–Trinajstić information content (AvgIpc) is 2.16. The monoisotopic (exact) mass is 197 g/mol. The van der Waals surface area contributed by atoms with Gasteiger partial charge in [0.15, 0.2) is 0 Å². The number of nitro groups is 1. The number of anilines is 1. The minimum atomic E-state index is -0.557. The highest BCUT2D eigenvalue weighted by molar-refractivity contribution is 6.24. The molecule has 0 radical (unpaired) electrons. The van der Waals surface area contributed by atoms with Crippen LogP contribution in [0.2, 0.25) is 0 Å². The molecule has 0 aliphatic carbocycles. The predicted molar refractivity (Wildman–Crippen MR) is 47.3 cm³/mol. The van der Waals surface area contributed by atoms with Crippen LogP contribution in [0.3, 0.4) is 0 Å². The maximum atomic E-state index is 10.3. The van der Waals surface area contributed by atoms with E-state index in [1.807, 2.05) is 6.07 Å². The van der Waals surface area contributed by atoms with Crippen LogP contribution in [0.25, 0.3) is 0 Å². The van der Waals surface area contributed by atoms with Crippen molar-refractivity contribution in [3.63, 3.8) is 0 Å². The van der Waals surface area contributed by atoms with E-state index in [-0.39, 0.29) is 16.9 Å². The summed E-state index contributed by atoms with van der Waals surface area (Å²) in [6.45, 7) is 0. The molecule has 0 atom stereocenters. The van der Waals surface area contributed by atoms with Crippen LogP contribution in [0.15, 0.2) is 18.2 Å². The first kappa shape index (κ1) is 9.29. The van der Waals surface area contributed by atoms with Gasteiger partial charge in [0.05, 0.1) is 16.2 Å². The molecule has 5 nitrogen and oxygen atoms in total. The normalized spacial score (nSPS) is 8.92. The van der Waals surface area contributed by atoms with E-state index in [1.165, 1.54) is 18.2 Å². The van der Waals surface area contributed by atoms with E-state index >= 15 is 0 Å². The van der Waals surface area contributed by atoms with Crippen molar-refractivity contribution >= 4 is 23.2 Å². The Balaban J connectivity index is 3.23. The Morgan fingerprint density at radius 1 is 1.62 bits per heavy atom. The first-order valence-electron chi connectivity index (χ1n) is 3.24. The zero-order valence-corrected chi connectivity index (χ0v) is 7.08. The number of nitrogens with zero attached hydrogens (tertiary/aromatic N) is 2. The van der Waals surface area contributed by atoms with Crippen molar-refractivity contribution in [2.45, 2.75) is 0 Å². The van der Waals surface area contributed by atoms with Gasteiger partial charge in [0.1, 0.15) is 6.07 Å². The first-order valence-corrected chi connectivity index (χ1v) is 3.62. The van der Waals surface area contributed by atoms with Gasteiger partial charge in [0.2, 0.25) is 0 Å². The minimum absolute atomic E-state index is 0.109. The Morgan fingerprint density at radius 2 is 2.31 bits per heavy atom. The number of benzene rings is 1. The van der Waals surface area contributed by atoms with Crippen molar-refractivity contribution in [1.82, 2.24) is 0 Å². The van der Waals surface area contributed by atoms with Crippen molar-refractivity contribution in [1.29, 1.82) is 5.26 Å². The molecule has 1 aromatic rings. The molecular formula is C7H4ClN3O2. The lowest BCUT2D eigenvalue weighted by Gasteiger charge is -1.99. The Hall–Kier alpha value is -1.80. The number of nitro benzene ring substituents is 1. The van der Waals surface area contributed by atoms with E-state index in [9.17, 15) is 10.1 Å². The lowest BCUT2D eigenvalue weighted by atomic mass is 10.2. The summed E-state index contributed by atoms with van der Waals surface area (Å²) in [6, 6.07) is 5.63. The molecule has 0 aromatic heterocycles. The quantitative estimate of drug-likeness (QED) is 0.447. The molecule has 66 valence electrons.